The van der Waals surface area contributed by atoms with Gasteiger partial charge in [0.25, 0.3) is 0 Å². The number of carbonyl (C=O) groups is 1. The van der Waals surface area contributed by atoms with E-state index in [1.54, 1.807) is 13.1 Å². The number of hydrogen-bond donors (Lipinski definition) is 1. The van der Waals surface area contributed by atoms with Crippen LogP contribution in [0, 0.1) is 0 Å². The van der Waals surface area contributed by atoms with Crippen molar-refractivity contribution in [3.63, 3.8) is 0 Å². The van der Waals surface area contributed by atoms with Gasteiger partial charge in [-0.15, -0.1) is 0 Å². The lowest BCUT2D eigenvalue weighted by Gasteiger charge is -2.34. The van der Waals surface area contributed by atoms with E-state index in [2.05, 4.69) is 10.3 Å². The minimum atomic E-state index is 0.141. The molecule has 1 aromatic rings. The maximum absolute atomic E-state index is 11.7. The van der Waals surface area contributed by atoms with Crippen LogP contribution in [-0.2, 0) is 11.3 Å². The van der Waals surface area contributed by atoms with E-state index in [0.717, 1.165) is 31.5 Å². The number of carbonyl (C=O) groups excluding carboxylic acids is 1. The number of nitrogens with one attached hydrogen (secondary N) is 1. The van der Waals surface area contributed by atoms with Crippen LogP contribution in [0.2, 0.25) is 0 Å². The zero-order valence-corrected chi connectivity index (χ0v) is 10.2. The Kier molecular flexibility index (Phi) is 4.09. The summed E-state index contributed by atoms with van der Waals surface area (Å²) in [5.74, 6) is 0.141. The lowest BCUT2D eigenvalue weighted by molar-refractivity contribution is -0.132. The molecule has 1 N–H and O–H groups in total. The molecule has 1 aliphatic heterocycles. The SMILES string of the molecule is CC(=O)N(Cc1cccnc1)C1CCCNC1. The molecule has 1 aromatic heterocycles. The highest BCUT2D eigenvalue weighted by Crippen LogP contribution is 2.14. The largest absolute Gasteiger partial charge is 0.334 e. The Bertz CT molecular complexity index is 360. The second kappa shape index (κ2) is 5.77. The summed E-state index contributed by atoms with van der Waals surface area (Å²) in [6.07, 6.45) is 5.81. The van der Waals surface area contributed by atoms with Crippen LogP contribution in [0.5, 0.6) is 0 Å². The summed E-state index contributed by atoms with van der Waals surface area (Å²) < 4.78 is 0. The second-order valence-electron chi connectivity index (χ2n) is 4.51. The van der Waals surface area contributed by atoms with Crippen molar-refractivity contribution in [3.8, 4) is 0 Å². The number of hydrogen-bond acceptors (Lipinski definition) is 3. The zero-order valence-electron chi connectivity index (χ0n) is 10.2. The fraction of sp³-hybridized carbons (Fsp3) is 0.538. The van der Waals surface area contributed by atoms with E-state index in [4.69, 9.17) is 0 Å². The normalized spacial score (nSPS) is 19.9. The minimum absolute atomic E-state index is 0.141. The number of pyridine rings is 1. The van der Waals surface area contributed by atoms with Crippen LogP contribution in [0.1, 0.15) is 25.3 Å². The molecule has 0 radical (unpaired) electrons. The van der Waals surface area contributed by atoms with Crippen molar-refractivity contribution in [1.82, 2.24) is 15.2 Å². The number of rotatable bonds is 3. The quantitative estimate of drug-likeness (QED) is 0.852. The first-order chi connectivity index (χ1) is 8.27. The summed E-state index contributed by atoms with van der Waals surface area (Å²) >= 11 is 0. The predicted molar refractivity (Wildman–Crippen MR) is 66.4 cm³/mol. The lowest BCUT2D eigenvalue weighted by atomic mass is 10.1. The summed E-state index contributed by atoms with van der Waals surface area (Å²) in [6.45, 7) is 4.27. The van der Waals surface area contributed by atoms with E-state index >= 15 is 0 Å². The third-order valence-corrected chi connectivity index (χ3v) is 3.19. The van der Waals surface area contributed by atoms with Crippen LogP contribution in [0.25, 0.3) is 0 Å². The number of nitrogens with zero attached hydrogens (tertiary/aromatic N) is 2. The second-order valence-corrected chi connectivity index (χ2v) is 4.51. The third kappa shape index (κ3) is 3.27. The van der Waals surface area contributed by atoms with Crippen LogP contribution in [-0.4, -0.2) is 34.9 Å². The van der Waals surface area contributed by atoms with Gasteiger partial charge in [-0.3, -0.25) is 9.78 Å². The van der Waals surface area contributed by atoms with E-state index < -0.39 is 0 Å². The van der Waals surface area contributed by atoms with Gasteiger partial charge in [0.2, 0.25) is 5.91 Å². The van der Waals surface area contributed by atoms with Gasteiger partial charge in [0.05, 0.1) is 0 Å². The Morgan fingerprint density at radius 1 is 1.65 bits per heavy atom. The third-order valence-electron chi connectivity index (χ3n) is 3.19. The molecule has 1 aliphatic rings. The maximum Gasteiger partial charge on any atom is 0.220 e. The molecule has 4 heteroatoms. The molecule has 0 aliphatic carbocycles. The Morgan fingerprint density at radius 2 is 2.53 bits per heavy atom. The van der Waals surface area contributed by atoms with E-state index in [-0.39, 0.29) is 5.91 Å². The molecular formula is C13H19N3O. The van der Waals surface area contributed by atoms with Gasteiger partial charge in [-0.25, -0.2) is 0 Å². The Morgan fingerprint density at radius 3 is 3.12 bits per heavy atom. The topological polar surface area (TPSA) is 45.2 Å². The minimum Gasteiger partial charge on any atom is -0.334 e. The van der Waals surface area contributed by atoms with Crippen LogP contribution < -0.4 is 5.32 Å². The molecule has 1 unspecified atom stereocenters. The van der Waals surface area contributed by atoms with Crippen LogP contribution in [0.3, 0.4) is 0 Å². The Balaban J connectivity index is 2.04. The van der Waals surface area contributed by atoms with Crippen LogP contribution >= 0.6 is 0 Å². The van der Waals surface area contributed by atoms with E-state index in [1.165, 1.54) is 0 Å². The molecule has 1 fully saturated rings. The molecule has 1 atom stereocenters. The van der Waals surface area contributed by atoms with Gasteiger partial charge in [0.15, 0.2) is 0 Å². The van der Waals surface area contributed by atoms with Gasteiger partial charge in [0, 0.05) is 38.4 Å². The number of aromatic nitrogens is 1. The first-order valence-electron chi connectivity index (χ1n) is 6.14. The molecule has 0 spiro atoms. The van der Waals surface area contributed by atoms with Gasteiger partial charge in [-0.1, -0.05) is 6.07 Å². The average molecular weight is 233 g/mol. The summed E-state index contributed by atoms with van der Waals surface area (Å²) in [6, 6.07) is 4.24. The maximum atomic E-state index is 11.7. The van der Waals surface area contributed by atoms with Crippen molar-refractivity contribution < 1.29 is 4.79 Å². The summed E-state index contributed by atoms with van der Waals surface area (Å²) in [5, 5.41) is 3.35. The molecule has 2 rings (SSSR count). The van der Waals surface area contributed by atoms with Gasteiger partial charge in [-0.2, -0.15) is 0 Å². The van der Waals surface area contributed by atoms with Crippen molar-refractivity contribution in [2.24, 2.45) is 0 Å². The molecule has 0 aromatic carbocycles. The van der Waals surface area contributed by atoms with E-state index in [9.17, 15) is 4.79 Å². The van der Waals surface area contributed by atoms with E-state index in [1.807, 2.05) is 23.2 Å². The fourth-order valence-corrected chi connectivity index (χ4v) is 2.29. The summed E-state index contributed by atoms with van der Waals surface area (Å²) in [7, 11) is 0. The fourth-order valence-electron chi connectivity index (χ4n) is 2.29. The van der Waals surface area contributed by atoms with Crippen LogP contribution in [0.4, 0.5) is 0 Å². The molecule has 0 bridgehead atoms. The van der Waals surface area contributed by atoms with Crippen molar-refractivity contribution in [2.75, 3.05) is 13.1 Å². The first-order valence-corrected chi connectivity index (χ1v) is 6.14. The highest BCUT2D eigenvalue weighted by Gasteiger charge is 2.22. The lowest BCUT2D eigenvalue weighted by Crippen LogP contribution is -2.47. The van der Waals surface area contributed by atoms with E-state index in [0.29, 0.717) is 12.6 Å². The first kappa shape index (κ1) is 12.0. The van der Waals surface area contributed by atoms with Crippen molar-refractivity contribution in [2.45, 2.75) is 32.4 Å². The molecule has 2 heterocycles. The molecule has 17 heavy (non-hydrogen) atoms. The monoisotopic (exact) mass is 233 g/mol. The standard InChI is InChI=1S/C13H19N3O/c1-11(17)16(13-5-3-7-15-9-13)10-12-4-2-6-14-8-12/h2,4,6,8,13,15H,3,5,7,9-10H2,1H3. The number of piperidine rings is 1. The Hall–Kier alpha value is -1.42. The van der Waals surface area contributed by atoms with Gasteiger partial charge < -0.3 is 10.2 Å². The molecule has 1 saturated heterocycles. The number of amides is 1. The molecular weight excluding hydrogens is 214 g/mol. The van der Waals surface area contributed by atoms with Crippen molar-refractivity contribution in [3.05, 3.63) is 30.1 Å². The van der Waals surface area contributed by atoms with Gasteiger partial charge in [-0.05, 0) is 31.0 Å². The summed E-state index contributed by atoms with van der Waals surface area (Å²) in [4.78, 5) is 17.8. The molecule has 1 amide bonds. The highest BCUT2D eigenvalue weighted by molar-refractivity contribution is 5.73. The highest BCUT2D eigenvalue weighted by atomic mass is 16.2. The predicted octanol–water partition coefficient (Wildman–Crippen LogP) is 1.18. The zero-order chi connectivity index (χ0) is 12.1. The summed E-state index contributed by atoms with van der Waals surface area (Å²) in [5.41, 5.74) is 1.09. The van der Waals surface area contributed by atoms with Crippen molar-refractivity contribution >= 4 is 5.91 Å². The smallest absolute Gasteiger partial charge is 0.220 e. The molecule has 92 valence electrons. The van der Waals surface area contributed by atoms with Gasteiger partial charge in [0.1, 0.15) is 0 Å². The average Bonchev–Trinajstić information content (AvgIpc) is 2.38. The molecule has 4 nitrogen and oxygen atoms in total. The van der Waals surface area contributed by atoms with Crippen LogP contribution in [0.15, 0.2) is 24.5 Å². The van der Waals surface area contributed by atoms with Crippen molar-refractivity contribution in [1.29, 1.82) is 0 Å². The Labute approximate surface area is 102 Å². The van der Waals surface area contributed by atoms with Gasteiger partial charge >= 0.3 is 0 Å². The molecule has 0 saturated carbocycles.